The monoisotopic (exact) mass is 257 g/mol. The number of aliphatic hydroxyl groups is 1. The van der Waals surface area contributed by atoms with Gasteiger partial charge in [-0.25, -0.2) is 0 Å². The summed E-state index contributed by atoms with van der Waals surface area (Å²) >= 11 is 5.92. The third kappa shape index (κ3) is 4.00. The summed E-state index contributed by atoms with van der Waals surface area (Å²) in [6.45, 7) is 3.26. The standard InChI is InChI=1S/C12H16ClNO3/c1-12(2,17)8-3-7(4-9(13)5-8)10(14)6-11(15)16/h3-5,10,17H,6,14H2,1-2H3,(H,15,16). The molecule has 1 rings (SSSR count). The van der Waals surface area contributed by atoms with E-state index in [2.05, 4.69) is 0 Å². The van der Waals surface area contributed by atoms with Crippen molar-refractivity contribution in [3.63, 3.8) is 0 Å². The number of hydrogen-bond acceptors (Lipinski definition) is 3. The van der Waals surface area contributed by atoms with Crippen LogP contribution in [0.3, 0.4) is 0 Å². The van der Waals surface area contributed by atoms with E-state index in [1.807, 2.05) is 0 Å². The van der Waals surface area contributed by atoms with Crippen LogP contribution in [0, 0.1) is 0 Å². The number of halogens is 1. The SMILES string of the molecule is CC(C)(O)c1cc(Cl)cc(C(N)CC(=O)O)c1. The van der Waals surface area contributed by atoms with E-state index in [1.165, 1.54) is 0 Å². The van der Waals surface area contributed by atoms with E-state index in [0.29, 0.717) is 16.1 Å². The molecule has 0 aliphatic rings. The molecular weight excluding hydrogens is 242 g/mol. The van der Waals surface area contributed by atoms with Crippen molar-refractivity contribution in [1.29, 1.82) is 0 Å². The molecule has 0 aliphatic heterocycles. The topological polar surface area (TPSA) is 83.5 Å². The molecule has 1 unspecified atom stereocenters. The Bertz CT molecular complexity index is 426. The minimum absolute atomic E-state index is 0.175. The van der Waals surface area contributed by atoms with Crippen LogP contribution in [0.2, 0.25) is 5.02 Å². The molecule has 4 N–H and O–H groups in total. The number of carbonyl (C=O) groups is 1. The average Bonchev–Trinajstić information content (AvgIpc) is 2.14. The molecule has 0 aromatic heterocycles. The molecule has 17 heavy (non-hydrogen) atoms. The summed E-state index contributed by atoms with van der Waals surface area (Å²) in [7, 11) is 0. The van der Waals surface area contributed by atoms with Crippen molar-refractivity contribution in [2.45, 2.75) is 31.9 Å². The highest BCUT2D eigenvalue weighted by Crippen LogP contribution is 2.27. The van der Waals surface area contributed by atoms with Crippen molar-refractivity contribution in [2.24, 2.45) is 5.73 Å². The van der Waals surface area contributed by atoms with Crippen molar-refractivity contribution in [1.82, 2.24) is 0 Å². The van der Waals surface area contributed by atoms with E-state index >= 15 is 0 Å². The zero-order valence-corrected chi connectivity index (χ0v) is 10.5. The molecular formula is C12H16ClNO3. The maximum absolute atomic E-state index is 10.6. The summed E-state index contributed by atoms with van der Waals surface area (Å²) in [6.07, 6.45) is -0.175. The lowest BCUT2D eigenvalue weighted by molar-refractivity contribution is -0.137. The summed E-state index contributed by atoms with van der Waals surface area (Å²) in [4.78, 5) is 10.6. The number of carboxylic acids is 1. The molecule has 1 atom stereocenters. The maximum Gasteiger partial charge on any atom is 0.305 e. The minimum atomic E-state index is -1.04. The second-order valence-corrected chi connectivity index (χ2v) is 4.97. The molecule has 0 bridgehead atoms. The first-order valence-electron chi connectivity index (χ1n) is 5.21. The van der Waals surface area contributed by atoms with Gasteiger partial charge in [-0.05, 0) is 37.1 Å². The van der Waals surface area contributed by atoms with Gasteiger partial charge in [0.2, 0.25) is 0 Å². The van der Waals surface area contributed by atoms with Gasteiger partial charge >= 0.3 is 5.97 Å². The van der Waals surface area contributed by atoms with Crippen molar-refractivity contribution < 1.29 is 15.0 Å². The van der Waals surface area contributed by atoms with Gasteiger partial charge in [-0.1, -0.05) is 17.7 Å². The highest BCUT2D eigenvalue weighted by atomic mass is 35.5. The Morgan fingerprint density at radius 2 is 2.06 bits per heavy atom. The van der Waals surface area contributed by atoms with Gasteiger partial charge in [0.1, 0.15) is 0 Å². The lowest BCUT2D eigenvalue weighted by Gasteiger charge is -2.20. The van der Waals surface area contributed by atoms with E-state index in [9.17, 15) is 9.90 Å². The van der Waals surface area contributed by atoms with Crippen molar-refractivity contribution in [3.8, 4) is 0 Å². The van der Waals surface area contributed by atoms with E-state index in [1.54, 1.807) is 32.0 Å². The summed E-state index contributed by atoms with van der Waals surface area (Å²) in [5.74, 6) is -0.970. The Hall–Kier alpha value is -1.10. The summed E-state index contributed by atoms with van der Waals surface area (Å²) < 4.78 is 0. The smallest absolute Gasteiger partial charge is 0.305 e. The van der Waals surface area contributed by atoms with E-state index in [0.717, 1.165) is 0 Å². The third-order valence-electron chi connectivity index (χ3n) is 2.45. The highest BCUT2D eigenvalue weighted by molar-refractivity contribution is 6.30. The van der Waals surface area contributed by atoms with Crippen LogP contribution in [0.4, 0.5) is 0 Å². The third-order valence-corrected chi connectivity index (χ3v) is 2.67. The number of rotatable bonds is 4. The van der Waals surface area contributed by atoms with Gasteiger partial charge in [0.15, 0.2) is 0 Å². The molecule has 0 spiro atoms. The lowest BCUT2D eigenvalue weighted by Crippen LogP contribution is -2.19. The number of carboxylic acid groups (broad SMARTS) is 1. The van der Waals surface area contributed by atoms with E-state index in [4.69, 9.17) is 22.4 Å². The van der Waals surface area contributed by atoms with Crippen LogP contribution in [-0.2, 0) is 10.4 Å². The van der Waals surface area contributed by atoms with Crippen molar-refractivity contribution >= 4 is 17.6 Å². The van der Waals surface area contributed by atoms with Gasteiger partial charge in [-0.3, -0.25) is 4.79 Å². The van der Waals surface area contributed by atoms with Crippen LogP contribution in [0.1, 0.15) is 37.4 Å². The largest absolute Gasteiger partial charge is 0.481 e. The first kappa shape index (κ1) is 14.0. The molecule has 0 fully saturated rings. The molecule has 4 nitrogen and oxygen atoms in total. The fraction of sp³-hybridized carbons (Fsp3) is 0.417. The Morgan fingerprint density at radius 1 is 1.47 bits per heavy atom. The van der Waals surface area contributed by atoms with Crippen LogP contribution < -0.4 is 5.73 Å². The molecule has 0 radical (unpaired) electrons. The Labute approximate surface area is 105 Å². The molecule has 94 valence electrons. The van der Waals surface area contributed by atoms with Gasteiger partial charge in [0.25, 0.3) is 0 Å². The molecule has 0 aliphatic carbocycles. The van der Waals surface area contributed by atoms with Gasteiger partial charge in [-0.2, -0.15) is 0 Å². The first-order valence-corrected chi connectivity index (χ1v) is 5.58. The molecule has 1 aromatic carbocycles. The first-order chi connectivity index (χ1) is 7.70. The summed E-state index contributed by atoms with van der Waals surface area (Å²) in [5.41, 5.74) is 5.94. The quantitative estimate of drug-likeness (QED) is 0.771. The molecule has 1 aromatic rings. The summed E-state index contributed by atoms with van der Waals surface area (Å²) in [6, 6.07) is 4.30. The van der Waals surface area contributed by atoms with Crippen LogP contribution in [0.25, 0.3) is 0 Å². The van der Waals surface area contributed by atoms with Crippen molar-refractivity contribution in [2.75, 3.05) is 0 Å². The van der Waals surface area contributed by atoms with Gasteiger partial charge in [0, 0.05) is 11.1 Å². The van der Waals surface area contributed by atoms with Crippen LogP contribution in [-0.4, -0.2) is 16.2 Å². The Morgan fingerprint density at radius 3 is 2.53 bits per heavy atom. The van der Waals surface area contributed by atoms with Gasteiger partial charge in [-0.15, -0.1) is 0 Å². The number of nitrogens with two attached hydrogens (primary N) is 1. The number of benzene rings is 1. The maximum atomic E-state index is 10.6. The van der Waals surface area contributed by atoms with Crippen LogP contribution >= 0.6 is 11.6 Å². The highest BCUT2D eigenvalue weighted by Gasteiger charge is 2.19. The Kier molecular flexibility index (Phi) is 4.14. The van der Waals surface area contributed by atoms with E-state index in [-0.39, 0.29) is 6.42 Å². The van der Waals surface area contributed by atoms with Crippen molar-refractivity contribution in [3.05, 3.63) is 34.3 Å². The molecule has 0 amide bonds. The minimum Gasteiger partial charge on any atom is -0.481 e. The zero-order valence-electron chi connectivity index (χ0n) is 9.77. The van der Waals surface area contributed by atoms with Crippen LogP contribution in [0.15, 0.2) is 18.2 Å². The number of aliphatic carboxylic acids is 1. The fourth-order valence-corrected chi connectivity index (χ4v) is 1.73. The van der Waals surface area contributed by atoms with Gasteiger partial charge < -0.3 is 15.9 Å². The Balaban J connectivity index is 3.09. The molecule has 0 saturated heterocycles. The summed E-state index contributed by atoms with van der Waals surface area (Å²) in [5, 5.41) is 19.0. The number of hydrogen-bond donors (Lipinski definition) is 3. The second kappa shape index (κ2) is 5.04. The molecule has 0 saturated carbocycles. The zero-order chi connectivity index (χ0) is 13.2. The van der Waals surface area contributed by atoms with Crippen LogP contribution in [0.5, 0.6) is 0 Å². The fourth-order valence-electron chi connectivity index (χ4n) is 1.49. The molecule has 5 heteroatoms. The lowest BCUT2D eigenvalue weighted by atomic mass is 9.94. The predicted octanol–water partition coefficient (Wildman–Crippen LogP) is 2.04. The van der Waals surface area contributed by atoms with Gasteiger partial charge in [0.05, 0.1) is 12.0 Å². The predicted molar refractivity (Wildman–Crippen MR) is 65.9 cm³/mol. The normalized spacial score (nSPS) is 13.5. The van der Waals surface area contributed by atoms with E-state index < -0.39 is 17.6 Å². The second-order valence-electron chi connectivity index (χ2n) is 4.54. The molecule has 0 heterocycles. The average molecular weight is 258 g/mol.